The molecule has 82 valence electrons. The van der Waals surface area contributed by atoms with Crippen LogP contribution in [0.25, 0.3) is 0 Å². The van der Waals surface area contributed by atoms with Crippen LogP contribution in [0.5, 0.6) is 0 Å². The summed E-state index contributed by atoms with van der Waals surface area (Å²) in [5.41, 5.74) is -0.384. The SMILES string of the molecule is CN=C1NC(=O)C2(CN3CCC2CC3)N1. The second kappa shape index (κ2) is 2.95. The fourth-order valence-corrected chi connectivity index (χ4v) is 3.09. The van der Waals surface area contributed by atoms with E-state index in [1.807, 2.05) is 0 Å². The number of fused-ring (bicyclic) bond motifs is 2. The van der Waals surface area contributed by atoms with Crippen LogP contribution in [0.1, 0.15) is 12.8 Å². The molecular formula is C10H16N4O. The third-order valence-corrected chi connectivity index (χ3v) is 3.96. The number of hydrogen-bond acceptors (Lipinski definition) is 3. The van der Waals surface area contributed by atoms with Crippen LogP contribution in [0.4, 0.5) is 0 Å². The fraction of sp³-hybridized carbons (Fsp3) is 0.800. The van der Waals surface area contributed by atoms with E-state index in [9.17, 15) is 4.79 Å². The molecule has 1 spiro atoms. The predicted molar refractivity (Wildman–Crippen MR) is 56.5 cm³/mol. The highest BCUT2D eigenvalue weighted by atomic mass is 16.2. The van der Waals surface area contributed by atoms with E-state index >= 15 is 0 Å². The number of rotatable bonds is 0. The van der Waals surface area contributed by atoms with Gasteiger partial charge in [0.15, 0.2) is 5.96 Å². The minimum atomic E-state index is -0.384. The summed E-state index contributed by atoms with van der Waals surface area (Å²) in [7, 11) is 1.70. The van der Waals surface area contributed by atoms with Crippen molar-refractivity contribution in [3.8, 4) is 0 Å². The highest BCUT2D eigenvalue weighted by molar-refractivity contribution is 6.09. The second-order valence-electron chi connectivity index (χ2n) is 4.67. The number of aliphatic imine (C=N–C) groups is 1. The Balaban J connectivity index is 1.94. The molecule has 15 heavy (non-hydrogen) atoms. The van der Waals surface area contributed by atoms with Crippen LogP contribution in [-0.2, 0) is 4.79 Å². The van der Waals surface area contributed by atoms with E-state index in [1.54, 1.807) is 7.05 Å². The first-order valence-electron chi connectivity index (χ1n) is 5.53. The van der Waals surface area contributed by atoms with Crippen molar-refractivity contribution >= 4 is 11.9 Å². The van der Waals surface area contributed by atoms with Crippen molar-refractivity contribution in [3.05, 3.63) is 0 Å². The monoisotopic (exact) mass is 208 g/mol. The Hall–Kier alpha value is -1.10. The zero-order valence-electron chi connectivity index (χ0n) is 8.92. The molecule has 0 aromatic heterocycles. The molecule has 1 unspecified atom stereocenters. The maximum atomic E-state index is 12.0. The van der Waals surface area contributed by atoms with Gasteiger partial charge in [-0.3, -0.25) is 15.1 Å². The third-order valence-electron chi connectivity index (χ3n) is 3.96. The lowest BCUT2D eigenvalue weighted by Crippen LogP contribution is -2.67. The fourth-order valence-electron chi connectivity index (χ4n) is 3.09. The van der Waals surface area contributed by atoms with E-state index in [2.05, 4.69) is 20.5 Å². The zero-order chi connectivity index (χ0) is 10.5. The van der Waals surface area contributed by atoms with Crippen molar-refractivity contribution in [1.82, 2.24) is 15.5 Å². The predicted octanol–water partition coefficient (Wildman–Crippen LogP) is -0.844. The van der Waals surface area contributed by atoms with E-state index < -0.39 is 0 Å². The Morgan fingerprint density at radius 1 is 1.47 bits per heavy atom. The Bertz CT molecular complexity index is 332. The Morgan fingerprint density at radius 2 is 2.20 bits per heavy atom. The van der Waals surface area contributed by atoms with Gasteiger partial charge in [-0.05, 0) is 31.8 Å². The van der Waals surface area contributed by atoms with Gasteiger partial charge in [0.05, 0.1) is 0 Å². The molecule has 5 nitrogen and oxygen atoms in total. The van der Waals surface area contributed by atoms with Crippen LogP contribution in [-0.4, -0.2) is 49.0 Å². The lowest BCUT2D eigenvalue weighted by Gasteiger charge is -2.49. The molecule has 1 atom stereocenters. The molecule has 0 aromatic rings. The quantitative estimate of drug-likeness (QED) is 0.545. The summed E-state index contributed by atoms with van der Waals surface area (Å²) in [4.78, 5) is 18.4. The van der Waals surface area contributed by atoms with Crippen molar-refractivity contribution in [1.29, 1.82) is 0 Å². The molecular weight excluding hydrogens is 192 g/mol. The first-order valence-corrected chi connectivity index (χ1v) is 5.53. The molecule has 2 N–H and O–H groups in total. The highest BCUT2D eigenvalue weighted by Gasteiger charge is 2.55. The van der Waals surface area contributed by atoms with Crippen LogP contribution in [0.2, 0.25) is 0 Å². The van der Waals surface area contributed by atoms with Crippen LogP contribution >= 0.6 is 0 Å². The van der Waals surface area contributed by atoms with Gasteiger partial charge in [-0.15, -0.1) is 0 Å². The van der Waals surface area contributed by atoms with Crippen LogP contribution in [0.3, 0.4) is 0 Å². The summed E-state index contributed by atoms with van der Waals surface area (Å²) >= 11 is 0. The Labute approximate surface area is 88.9 Å². The van der Waals surface area contributed by atoms with E-state index in [0.717, 1.165) is 32.5 Å². The smallest absolute Gasteiger partial charge is 0.254 e. The number of hydrogen-bond donors (Lipinski definition) is 2. The molecule has 4 aliphatic rings. The van der Waals surface area contributed by atoms with Gasteiger partial charge in [-0.1, -0.05) is 0 Å². The second-order valence-corrected chi connectivity index (χ2v) is 4.67. The molecule has 4 heterocycles. The number of carbonyl (C=O) groups excluding carboxylic acids is 1. The molecule has 1 amide bonds. The van der Waals surface area contributed by atoms with Crippen molar-refractivity contribution in [2.75, 3.05) is 26.7 Å². The molecule has 4 fully saturated rings. The maximum Gasteiger partial charge on any atom is 0.254 e. The van der Waals surface area contributed by atoms with Gasteiger partial charge >= 0.3 is 0 Å². The van der Waals surface area contributed by atoms with E-state index in [1.165, 1.54) is 0 Å². The molecule has 2 bridgehead atoms. The van der Waals surface area contributed by atoms with Crippen LogP contribution in [0.15, 0.2) is 4.99 Å². The van der Waals surface area contributed by atoms with Gasteiger partial charge in [0.1, 0.15) is 5.54 Å². The van der Waals surface area contributed by atoms with Crippen LogP contribution < -0.4 is 10.6 Å². The minimum absolute atomic E-state index is 0.109. The number of carbonyl (C=O) groups is 1. The van der Waals surface area contributed by atoms with Crippen molar-refractivity contribution < 1.29 is 4.79 Å². The average Bonchev–Trinajstić information content (AvgIpc) is 2.58. The first-order chi connectivity index (χ1) is 7.24. The molecule has 5 heteroatoms. The van der Waals surface area contributed by atoms with Crippen molar-refractivity contribution in [2.45, 2.75) is 18.4 Å². The molecule has 0 aromatic carbocycles. The largest absolute Gasteiger partial charge is 0.340 e. The lowest BCUT2D eigenvalue weighted by atomic mass is 9.73. The van der Waals surface area contributed by atoms with Gasteiger partial charge in [-0.2, -0.15) is 0 Å². The van der Waals surface area contributed by atoms with Gasteiger partial charge < -0.3 is 10.2 Å². The minimum Gasteiger partial charge on any atom is -0.340 e. The maximum absolute atomic E-state index is 12.0. The lowest BCUT2D eigenvalue weighted by molar-refractivity contribution is -0.131. The number of guanidine groups is 1. The van der Waals surface area contributed by atoms with Crippen molar-refractivity contribution in [3.63, 3.8) is 0 Å². The summed E-state index contributed by atoms with van der Waals surface area (Å²) in [5.74, 6) is 1.22. The molecule has 0 aliphatic carbocycles. The Kier molecular flexibility index (Phi) is 1.80. The van der Waals surface area contributed by atoms with Gasteiger partial charge in [0, 0.05) is 13.6 Å². The zero-order valence-corrected chi connectivity index (χ0v) is 8.92. The topological polar surface area (TPSA) is 56.7 Å². The van der Waals surface area contributed by atoms with E-state index in [4.69, 9.17) is 0 Å². The summed E-state index contributed by atoms with van der Waals surface area (Å²) in [6.45, 7) is 3.11. The van der Waals surface area contributed by atoms with Gasteiger partial charge in [-0.25, -0.2) is 0 Å². The van der Waals surface area contributed by atoms with Crippen molar-refractivity contribution in [2.24, 2.45) is 10.9 Å². The number of amides is 1. The normalized spacial score (nSPS) is 45.9. The Morgan fingerprint density at radius 3 is 2.67 bits per heavy atom. The third kappa shape index (κ3) is 1.13. The summed E-state index contributed by atoms with van der Waals surface area (Å²) < 4.78 is 0. The molecule has 4 rings (SSSR count). The van der Waals surface area contributed by atoms with E-state index in [-0.39, 0.29) is 11.4 Å². The summed E-state index contributed by atoms with van der Waals surface area (Å²) in [5, 5.41) is 6.11. The number of piperidine rings is 3. The van der Waals surface area contributed by atoms with Gasteiger partial charge in [0.25, 0.3) is 5.91 Å². The van der Waals surface area contributed by atoms with Gasteiger partial charge in [0.2, 0.25) is 0 Å². The molecule has 0 saturated carbocycles. The van der Waals surface area contributed by atoms with E-state index in [0.29, 0.717) is 11.9 Å². The van der Waals surface area contributed by atoms with Crippen LogP contribution in [0, 0.1) is 5.92 Å². The molecule has 0 radical (unpaired) electrons. The highest BCUT2D eigenvalue weighted by Crippen LogP contribution is 2.37. The summed E-state index contributed by atoms with van der Waals surface area (Å²) in [6.07, 6.45) is 2.24. The average molecular weight is 208 g/mol. The first kappa shape index (κ1) is 9.15. The molecule has 4 aliphatic heterocycles. The summed E-state index contributed by atoms with van der Waals surface area (Å²) in [6, 6.07) is 0. The standard InChI is InChI=1S/C10H16N4O/c1-11-9-12-8(15)10(13-9)6-14-4-2-7(10)3-5-14/h7H,2-6H2,1H3,(H2,11,12,13,15). The number of nitrogens with zero attached hydrogens (tertiary/aromatic N) is 2. The molecule has 4 saturated heterocycles. The number of nitrogens with one attached hydrogen (secondary N) is 2.